The Morgan fingerprint density at radius 2 is 1.71 bits per heavy atom. The zero-order valence-electron chi connectivity index (χ0n) is 18.4. The van der Waals surface area contributed by atoms with E-state index in [2.05, 4.69) is 58.4 Å². The highest BCUT2D eigenvalue weighted by molar-refractivity contribution is 5.92. The number of aromatic nitrogens is 3. The van der Waals surface area contributed by atoms with Crippen LogP contribution in [0.4, 0.5) is 5.82 Å². The van der Waals surface area contributed by atoms with E-state index in [9.17, 15) is 0 Å². The second-order valence-corrected chi connectivity index (χ2v) is 7.53. The third kappa shape index (κ3) is 4.14. The van der Waals surface area contributed by atoms with Gasteiger partial charge in [0.25, 0.3) is 0 Å². The second kappa shape index (κ2) is 8.60. The first-order chi connectivity index (χ1) is 15.0. The van der Waals surface area contributed by atoms with E-state index < -0.39 is 0 Å². The van der Waals surface area contributed by atoms with Crippen LogP contribution in [0.5, 0.6) is 11.5 Å². The lowest BCUT2D eigenvalue weighted by Gasteiger charge is -2.19. The van der Waals surface area contributed by atoms with Gasteiger partial charge in [-0.25, -0.2) is 9.97 Å². The van der Waals surface area contributed by atoms with Crippen LogP contribution in [0.1, 0.15) is 29.9 Å². The largest absolute Gasteiger partial charge is 0.493 e. The summed E-state index contributed by atoms with van der Waals surface area (Å²) in [6.45, 7) is 6.09. The summed E-state index contributed by atoms with van der Waals surface area (Å²) in [5, 5.41) is 4.45. The Kier molecular flexibility index (Phi) is 5.71. The maximum Gasteiger partial charge on any atom is 0.162 e. The topological polar surface area (TPSA) is 69.2 Å². The molecule has 0 bridgehead atoms. The highest BCUT2D eigenvalue weighted by atomic mass is 16.5. The predicted molar refractivity (Wildman–Crippen MR) is 124 cm³/mol. The normalized spacial score (nSPS) is 11.9. The lowest BCUT2D eigenvalue weighted by Crippen LogP contribution is -2.10. The third-order valence-corrected chi connectivity index (χ3v) is 5.38. The Morgan fingerprint density at radius 1 is 0.935 bits per heavy atom. The number of rotatable bonds is 6. The third-order valence-electron chi connectivity index (χ3n) is 5.38. The van der Waals surface area contributed by atoms with Gasteiger partial charge >= 0.3 is 0 Å². The molecule has 158 valence electrons. The first-order valence-electron chi connectivity index (χ1n) is 10.2. The fourth-order valence-electron chi connectivity index (χ4n) is 3.74. The summed E-state index contributed by atoms with van der Waals surface area (Å²) in [7, 11) is 3.25. The second-order valence-electron chi connectivity index (χ2n) is 7.53. The van der Waals surface area contributed by atoms with Gasteiger partial charge < -0.3 is 14.8 Å². The summed E-state index contributed by atoms with van der Waals surface area (Å²) in [4.78, 5) is 13.4. The van der Waals surface area contributed by atoms with Crippen molar-refractivity contribution in [2.45, 2.75) is 26.8 Å². The van der Waals surface area contributed by atoms with E-state index in [1.54, 1.807) is 14.2 Å². The Balaban J connectivity index is 1.71. The molecule has 2 aromatic heterocycles. The molecule has 0 aliphatic carbocycles. The van der Waals surface area contributed by atoms with Gasteiger partial charge in [0, 0.05) is 29.9 Å². The fraction of sp³-hybridized carbons (Fsp3) is 0.240. The monoisotopic (exact) mass is 414 g/mol. The molecule has 6 nitrogen and oxygen atoms in total. The van der Waals surface area contributed by atoms with Gasteiger partial charge in [-0.1, -0.05) is 18.2 Å². The molecule has 31 heavy (non-hydrogen) atoms. The van der Waals surface area contributed by atoms with Gasteiger partial charge in [-0.15, -0.1) is 0 Å². The van der Waals surface area contributed by atoms with E-state index in [0.717, 1.165) is 22.3 Å². The van der Waals surface area contributed by atoms with Crippen molar-refractivity contribution in [1.29, 1.82) is 0 Å². The molecule has 0 fully saturated rings. The lowest BCUT2D eigenvalue weighted by molar-refractivity contribution is 0.356. The number of methoxy groups -OCH3 is 2. The molecule has 1 unspecified atom stereocenters. The van der Waals surface area contributed by atoms with Crippen LogP contribution in [0.15, 0.2) is 54.9 Å². The van der Waals surface area contributed by atoms with Crippen LogP contribution < -0.4 is 14.8 Å². The van der Waals surface area contributed by atoms with E-state index >= 15 is 0 Å². The molecule has 2 aromatic carbocycles. The average Bonchev–Trinajstić information content (AvgIpc) is 2.78. The van der Waals surface area contributed by atoms with E-state index in [1.165, 1.54) is 16.7 Å². The molecule has 1 N–H and O–H groups in total. The van der Waals surface area contributed by atoms with Crippen LogP contribution in [0.3, 0.4) is 0 Å². The maximum atomic E-state index is 5.48. The molecule has 2 heterocycles. The van der Waals surface area contributed by atoms with Gasteiger partial charge in [-0.05, 0) is 61.2 Å². The molecule has 0 aliphatic heterocycles. The zero-order valence-corrected chi connectivity index (χ0v) is 18.4. The van der Waals surface area contributed by atoms with E-state index in [0.29, 0.717) is 17.3 Å². The molecular formula is C25H26N4O2. The number of anilines is 1. The van der Waals surface area contributed by atoms with Crippen molar-refractivity contribution in [2.24, 2.45) is 0 Å². The summed E-state index contributed by atoms with van der Waals surface area (Å²) in [5.41, 5.74) is 5.48. The number of hydrogen-bond donors (Lipinski definition) is 1. The van der Waals surface area contributed by atoms with E-state index in [4.69, 9.17) is 9.47 Å². The molecule has 0 saturated heterocycles. The van der Waals surface area contributed by atoms with Gasteiger partial charge in [-0.3, -0.25) is 4.98 Å². The van der Waals surface area contributed by atoms with E-state index in [-0.39, 0.29) is 6.04 Å². The smallest absolute Gasteiger partial charge is 0.162 e. The minimum atomic E-state index is 0.0349. The molecule has 0 amide bonds. The molecule has 4 aromatic rings. The number of benzene rings is 2. The first kappa shape index (κ1) is 20.6. The zero-order chi connectivity index (χ0) is 22.0. The minimum Gasteiger partial charge on any atom is -0.493 e. The number of hydrogen-bond acceptors (Lipinski definition) is 6. The summed E-state index contributed by atoms with van der Waals surface area (Å²) in [6, 6.07) is 14.4. The van der Waals surface area contributed by atoms with Crippen LogP contribution in [-0.4, -0.2) is 29.2 Å². The number of fused-ring (bicyclic) bond motifs is 1. The summed E-state index contributed by atoms with van der Waals surface area (Å²) >= 11 is 0. The molecule has 4 rings (SSSR count). The molecule has 0 radical (unpaired) electrons. The molecule has 6 heteroatoms. The van der Waals surface area contributed by atoms with Crippen molar-refractivity contribution in [3.63, 3.8) is 0 Å². The Morgan fingerprint density at radius 3 is 2.45 bits per heavy atom. The summed E-state index contributed by atoms with van der Waals surface area (Å²) < 4.78 is 10.9. The van der Waals surface area contributed by atoms with Gasteiger partial charge in [0.15, 0.2) is 11.5 Å². The van der Waals surface area contributed by atoms with Gasteiger partial charge in [-0.2, -0.15) is 0 Å². The van der Waals surface area contributed by atoms with Crippen LogP contribution in [0, 0.1) is 13.8 Å². The number of nitrogens with one attached hydrogen (secondary N) is 1. The van der Waals surface area contributed by atoms with Crippen molar-refractivity contribution in [2.75, 3.05) is 19.5 Å². The van der Waals surface area contributed by atoms with Crippen LogP contribution in [-0.2, 0) is 0 Å². The molecular weight excluding hydrogens is 388 g/mol. The predicted octanol–water partition coefficient (Wildman–Crippen LogP) is 5.50. The average molecular weight is 415 g/mol. The standard InChI is InChI=1S/C25H26N4O2/c1-15-14-26-10-9-20(15)19-8-6-7-18(11-19)16(2)27-25-21-12-23(30-4)24(31-5)13-22(21)28-17(3)29-25/h6-14,16H,1-5H3,(H,27,28,29). The van der Waals surface area contributed by atoms with Crippen LogP contribution in [0.2, 0.25) is 0 Å². The highest BCUT2D eigenvalue weighted by Crippen LogP contribution is 2.35. The molecule has 0 saturated carbocycles. The van der Waals surface area contributed by atoms with Gasteiger partial charge in [0.2, 0.25) is 0 Å². The first-order valence-corrected chi connectivity index (χ1v) is 10.2. The van der Waals surface area contributed by atoms with Crippen molar-refractivity contribution in [1.82, 2.24) is 15.0 Å². The summed E-state index contributed by atoms with van der Waals surface area (Å²) in [5.74, 6) is 2.75. The Bertz CT molecular complexity index is 1240. The van der Waals surface area contributed by atoms with Crippen LogP contribution in [0.25, 0.3) is 22.0 Å². The van der Waals surface area contributed by atoms with E-state index in [1.807, 2.05) is 37.5 Å². The van der Waals surface area contributed by atoms with Crippen molar-refractivity contribution < 1.29 is 9.47 Å². The minimum absolute atomic E-state index is 0.0349. The fourth-order valence-corrected chi connectivity index (χ4v) is 3.74. The number of nitrogens with zero attached hydrogens (tertiary/aromatic N) is 3. The van der Waals surface area contributed by atoms with Gasteiger partial charge in [0.05, 0.1) is 19.7 Å². The maximum absolute atomic E-state index is 5.48. The molecule has 1 atom stereocenters. The SMILES string of the molecule is COc1cc2nc(C)nc(NC(C)c3cccc(-c4ccncc4C)c3)c2cc1OC. The van der Waals surface area contributed by atoms with Crippen molar-refractivity contribution >= 4 is 16.7 Å². The number of pyridine rings is 1. The van der Waals surface area contributed by atoms with Crippen LogP contribution >= 0.6 is 0 Å². The quantitative estimate of drug-likeness (QED) is 0.449. The summed E-state index contributed by atoms with van der Waals surface area (Å²) in [6.07, 6.45) is 3.72. The Hall–Kier alpha value is -3.67. The van der Waals surface area contributed by atoms with Crippen molar-refractivity contribution in [3.05, 3.63) is 71.8 Å². The molecule has 0 spiro atoms. The molecule has 0 aliphatic rings. The number of ether oxygens (including phenoxy) is 2. The van der Waals surface area contributed by atoms with Crippen molar-refractivity contribution in [3.8, 4) is 22.6 Å². The van der Waals surface area contributed by atoms with Gasteiger partial charge in [0.1, 0.15) is 11.6 Å². The lowest BCUT2D eigenvalue weighted by atomic mass is 9.98. The highest BCUT2D eigenvalue weighted by Gasteiger charge is 2.15. The Labute approximate surface area is 182 Å². The number of aryl methyl sites for hydroxylation is 2.